The van der Waals surface area contributed by atoms with Crippen LogP contribution in [-0.4, -0.2) is 21.1 Å². The zero-order valence-electron chi connectivity index (χ0n) is 15.0. The molecule has 0 atom stereocenters. The van der Waals surface area contributed by atoms with E-state index in [2.05, 4.69) is 15.3 Å². The molecule has 28 heavy (non-hydrogen) atoms. The van der Waals surface area contributed by atoms with E-state index >= 15 is 0 Å². The first-order valence-electron chi connectivity index (χ1n) is 8.84. The second-order valence-corrected chi connectivity index (χ2v) is 6.47. The lowest BCUT2D eigenvalue weighted by Gasteiger charge is -2.09. The summed E-state index contributed by atoms with van der Waals surface area (Å²) in [4.78, 5) is 0. The predicted molar refractivity (Wildman–Crippen MR) is 113 cm³/mol. The number of hydrogen-bond donors (Lipinski definition) is 1. The second-order valence-electron chi connectivity index (χ2n) is 6.09. The Morgan fingerprint density at radius 1 is 0.929 bits per heavy atom. The molecule has 0 aliphatic carbocycles. The van der Waals surface area contributed by atoms with Crippen LogP contribution in [-0.2, 0) is 6.61 Å². The Kier molecular flexibility index (Phi) is 5.40. The summed E-state index contributed by atoms with van der Waals surface area (Å²) < 4.78 is 8.03. The number of nitrogens with zero attached hydrogens (tertiary/aromatic N) is 3. The van der Waals surface area contributed by atoms with Crippen molar-refractivity contribution in [3.8, 4) is 17.1 Å². The van der Waals surface area contributed by atoms with Gasteiger partial charge in [0, 0.05) is 11.1 Å². The molecule has 3 aromatic carbocycles. The normalized spacial score (nSPS) is 11.0. The molecule has 0 aliphatic heterocycles. The molecule has 0 fully saturated rings. The van der Waals surface area contributed by atoms with Crippen molar-refractivity contribution in [2.45, 2.75) is 6.61 Å². The molecule has 0 amide bonds. The van der Waals surface area contributed by atoms with Crippen molar-refractivity contribution in [2.75, 3.05) is 0 Å². The summed E-state index contributed by atoms with van der Waals surface area (Å²) in [6.07, 6.45) is 1.73. The molecule has 0 saturated heterocycles. The van der Waals surface area contributed by atoms with Gasteiger partial charge in [-0.15, -0.1) is 0 Å². The molecule has 1 heterocycles. The molecule has 1 N–H and O–H groups in total. The van der Waals surface area contributed by atoms with Crippen LogP contribution in [0.25, 0.3) is 11.4 Å². The molecular weight excluding hydrogens is 368 g/mol. The molecule has 4 aromatic rings. The molecular formula is C22H18N4OS. The fourth-order valence-corrected chi connectivity index (χ4v) is 2.93. The summed E-state index contributed by atoms with van der Waals surface area (Å²) in [5.41, 5.74) is 2.90. The van der Waals surface area contributed by atoms with E-state index in [0.717, 1.165) is 22.4 Å². The minimum absolute atomic E-state index is 0.429. The molecule has 0 saturated carbocycles. The molecule has 0 spiro atoms. The Morgan fingerprint density at radius 3 is 2.39 bits per heavy atom. The van der Waals surface area contributed by atoms with Crippen molar-refractivity contribution in [3.05, 3.63) is 101 Å². The van der Waals surface area contributed by atoms with Gasteiger partial charge in [0.15, 0.2) is 5.82 Å². The third kappa shape index (κ3) is 4.07. The van der Waals surface area contributed by atoms with Crippen molar-refractivity contribution in [1.29, 1.82) is 0 Å². The average Bonchev–Trinajstić information content (AvgIpc) is 3.13. The van der Waals surface area contributed by atoms with E-state index in [0.29, 0.717) is 17.2 Å². The van der Waals surface area contributed by atoms with Gasteiger partial charge in [0.2, 0.25) is 4.77 Å². The van der Waals surface area contributed by atoms with Crippen LogP contribution < -0.4 is 4.74 Å². The van der Waals surface area contributed by atoms with Crippen molar-refractivity contribution in [2.24, 2.45) is 5.10 Å². The summed E-state index contributed by atoms with van der Waals surface area (Å²) in [7, 11) is 0. The fourth-order valence-electron chi connectivity index (χ4n) is 2.75. The first kappa shape index (κ1) is 17.9. The van der Waals surface area contributed by atoms with E-state index in [-0.39, 0.29) is 0 Å². The number of hydrogen-bond acceptors (Lipinski definition) is 4. The van der Waals surface area contributed by atoms with Crippen LogP contribution in [0.4, 0.5) is 0 Å². The number of rotatable bonds is 6. The smallest absolute Gasteiger partial charge is 0.216 e. The zero-order valence-corrected chi connectivity index (χ0v) is 15.8. The van der Waals surface area contributed by atoms with Crippen LogP contribution in [0.5, 0.6) is 5.75 Å². The highest BCUT2D eigenvalue weighted by atomic mass is 32.1. The van der Waals surface area contributed by atoms with E-state index in [1.54, 1.807) is 10.9 Å². The van der Waals surface area contributed by atoms with Gasteiger partial charge in [-0.25, -0.2) is 5.10 Å². The lowest BCUT2D eigenvalue weighted by molar-refractivity contribution is 0.306. The highest BCUT2D eigenvalue weighted by Crippen LogP contribution is 2.19. The molecule has 5 nitrogen and oxygen atoms in total. The van der Waals surface area contributed by atoms with E-state index in [9.17, 15) is 0 Å². The topological polar surface area (TPSA) is 55.2 Å². The third-order valence-corrected chi connectivity index (χ3v) is 4.42. The van der Waals surface area contributed by atoms with Gasteiger partial charge >= 0.3 is 0 Å². The number of nitrogens with one attached hydrogen (secondary N) is 1. The number of aromatic amines is 1. The van der Waals surface area contributed by atoms with Crippen LogP contribution in [0.1, 0.15) is 11.1 Å². The SMILES string of the molecule is S=c1[nH]nc(-c2ccccc2)n1/N=C\c1ccccc1OCc1ccccc1. The standard InChI is InChI=1S/C22H18N4OS/c28-22-25-24-21(18-11-5-2-6-12-18)26(22)23-15-19-13-7-8-14-20(19)27-16-17-9-3-1-4-10-17/h1-15H,16H2,(H,25,28)/b23-15-. The zero-order chi connectivity index (χ0) is 19.2. The molecule has 4 rings (SSSR count). The van der Waals surface area contributed by atoms with Gasteiger partial charge in [0.05, 0.1) is 6.21 Å². The van der Waals surface area contributed by atoms with Gasteiger partial charge in [-0.05, 0) is 29.9 Å². The maximum absolute atomic E-state index is 5.99. The summed E-state index contributed by atoms with van der Waals surface area (Å²) >= 11 is 5.34. The summed E-state index contributed by atoms with van der Waals surface area (Å²) in [6, 6.07) is 27.6. The lowest BCUT2D eigenvalue weighted by atomic mass is 10.2. The fraction of sp³-hybridized carbons (Fsp3) is 0.0455. The van der Waals surface area contributed by atoms with E-state index in [4.69, 9.17) is 17.0 Å². The first-order chi connectivity index (χ1) is 13.8. The van der Waals surface area contributed by atoms with Crippen molar-refractivity contribution in [3.63, 3.8) is 0 Å². The van der Waals surface area contributed by atoms with Crippen molar-refractivity contribution >= 4 is 18.4 Å². The maximum atomic E-state index is 5.99. The minimum Gasteiger partial charge on any atom is -0.488 e. The van der Waals surface area contributed by atoms with Crippen LogP contribution >= 0.6 is 12.2 Å². The Labute approximate surface area is 167 Å². The molecule has 0 radical (unpaired) electrons. The van der Waals surface area contributed by atoms with Gasteiger partial charge < -0.3 is 4.74 Å². The van der Waals surface area contributed by atoms with E-state index in [1.165, 1.54) is 0 Å². The number of para-hydroxylation sites is 1. The summed E-state index contributed by atoms with van der Waals surface area (Å²) in [6.45, 7) is 0.492. The van der Waals surface area contributed by atoms with Gasteiger partial charge in [0.1, 0.15) is 12.4 Å². The maximum Gasteiger partial charge on any atom is 0.216 e. The van der Waals surface area contributed by atoms with E-state index < -0.39 is 0 Å². The number of ether oxygens (including phenoxy) is 1. The Balaban J connectivity index is 1.60. The lowest BCUT2D eigenvalue weighted by Crippen LogP contribution is -1.99. The Morgan fingerprint density at radius 2 is 1.61 bits per heavy atom. The molecule has 0 bridgehead atoms. The van der Waals surface area contributed by atoms with Crippen LogP contribution in [0.2, 0.25) is 0 Å². The van der Waals surface area contributed by atoms with Crippen LogP contribution in [0.15, 0.2) is 90.0 Å². The summed E-state index contributed by atoms with van der Waals surface area (Å²) in [5.74, 6) is 1.41. The largest absolute Gasteiger partial charge is 0.488 e. The van der Waals surface area contributed by atoms with Crippen LogP contribution in [0, 0.1) is 4.77 Å². The first-order valence-corrected chi connectivity index (χ1v) is 9.25. The van der Waals surface area contributed by atoms with Crippen molar-refractivity contribution < 1.29 is 4.74 Å². The molecule has 0 aliphatic rings. The predicted octanol–water partition coefficient (Wildman–Crippen LogP) is 5.07. The number of benzene rings is 3. The Hall–Kier alpha value is -3.51. The van der Waals surface area contributed by atoms with Gasteiger partial charge in [-0.3, -0.25) is 0 Å². The monoisotopic (exact) mass is 386 g/mol. The highest BCUT2D eigenvalue weighted by Gasteiger charge is 2.08. The number of aromatic nitrogens is 3. The minimum atomic E-state index is 0.429. The third-order valence-electron chi connectivity index (χ3n) is 4.15. The van der Waals surface area contributed by atoms with Gasteiger partial charge in [0.25, 0.3) is 0 Å². The average molecular weight is 386 g/mol. The second kappa shape index (κ2) is 8.45. The Bertz CT molecular complexity index is 1130. The van der Waals surface area contributed by atoms with Gasteiger partial charge in [-0.1, -0.05) is 72.8 Å². The molecule has 6 heteroatoms. The van der Waals surface area contributed by atoms with Gasteiger partial charge in [-0.2, -0.15) is 14.9 Å². The molecule has 0 unspecified atom stereocenters. The summed E-state index contributed by atoms with van der Waals surface area (Å²) in [5, 5.41) is 11.6. The number of H-pyrrole nitrogens is 1. The molecule has 138 valence electrons. The quantitative estimate of drug-likeness (QED) is 0.372. The molecule has 1 aromatic heterocycles. The highest BCUT2D eigenvalue weighted by molar-refractivity contribution is 7.71. The van der Waals surface area contributed by atoms with Crippen molar-refractivity contribution in [1.82, 2.24) is 14.9 Å². The van der Waals surface area contributed by atoms with Crippen LogP contribution in [0.3, 0.4) is 0 Å². The van der Waals surface area contributed by atoms with E-state index in [1.807, 2.05) is 84.9 Å².